The summed E-state index contributed by atoms with van der Waals surface area (Å²) in [6.45, 7) is 2.93. The number of nitrogens with two attached hydrogens (primary N) is 1. The molecule has 0 spiro atoms. The van der Waals surface area contributed by atoms with Gasteiger partial charge in [-0.2, -0.15) is 0 Å². The van der Waals surface area contributed by atoms with Crippen LogP contribution in [0.4, 0.5) is 5.13 Å². The summed E-state index contributed by atoms with van der Waals surface area (Å²) in [6, 6.07) is 3.95. The average molecular weight is 250 g/mol. The third-order valence-corrected chi connectivity index (χ3v) is 3.88. The normalized spacial score (nSPS) is 10.7. The fourth-order valence-corrected chi connectivity index (χ4v) is 2.79. The van der Waals surface area contributed by atoms with Crippen molar-refractivity contribution in [1.29, 1.82) is 0 Å². The van der Waals surface area contributed by atoms with Crippen LogP contribution in [0.25, 0.3) is 0 Å². The number of rotatable bonds is 4. The van der Waals surface area contributed by atoms with Crippen LogP contribution in [-0.4, -0.2) is 16.7 Å². The smallest absolute Gasteiger partial charge is 0.332 e. The van der Waals surface area contributed by atoms with Crippen molar-refractivity contribution >= 4 is 16.5 Å². The van der Waals surface area contributed by atoms with Crippen LogP contribution < -0.4 is 10.3 Å². The lowest BCUT2D eigenvalue weighted by atomic mass is 10.2. The molecule has 2 aromatic rings. The van der Waals surface area contributed by atoms with Crippen LogP contribution in [0.2, 0.25) is 0 Å². The lowest BCUT2D eigenvalue weighted by Crippen LogP contribution is -2.38. The minimum atomic E-state index is 0.160. The van der Waals surface area contributed by atoms with Crippen molar-refractivity contribution in [3.8, 4) is 0 Å². The quantitative estimate of drug-likeness (QED) is 0.793. The molecule has 17 heavy (non-hydrogen) atoms. The van der Waals surface area contributed by atoms with Crippen molar-refractivity contribution in [3.05, 3.63) is 40.7 Å². The van der Waals surface area contributed by atoms with E-state index in [-0.39, 0.29) is 6.61 Å². The second-order valence-corrected chi connectivity index (χ2v) is 4.99. The summed E-state index contributed by atoms with van der Waals surface area (Å²) in [7, 11) is 0. The van der Waals surface area contributed by atoms with E-state index in [2.05, 4.69) is 9.55 Å². The molecule has 0 aliphatic heterocycles. The zero-order valence-electron chi connectivity index (χ0n) is 9.76. The first-order valence-corrected chi connectivity index (χ1v) is 6.31. The molecule has 0 fully saturated rings. The molecule has 2 rings (SSSR count). The second kappa shape index (κ2) is 5.25. The van der Waals surface area contributed by atoms with Gasteiger partial charge in [-0.1, -0.05) is 17.4 Å². The van der Waals surface area contributed by atoms with E-state index in [9.17, 15) is 0 Å². The number of pyridine rings is 1. The van der Waals surface area contributed by atoms with E-state index in [4.69, 9.17) is 10.8 Å². The van der Waals surface area contributed by atoms with Crippen LogP contribution in [0, 0.1) is 6.92 Å². The van der Waals surface area contributed by atoms with E-state index in [1.165, 1.54) is 0 Å². The molecular formula is C12H16N3OS+. The Morgan fingerprint density at radius 1 is 1.53 bits per heavy atom. The molecule has 2 aromatic heterocycles. The first kappa shape index (κ1) is 12.0. The minimum Gasteiger partial charge on any atom is -0.396 e. The SMILES string of the molecule is Cc1c(CCO)sc(N)[n+]1Cc1cccnc1. The van der Waals surface area contributed by atoms with E-state index < -0.39 is 0 Å². The molecule has 0 radical (unpaired) electrons. The van der Waals surface area contributed by atoms with Crippen LogP contribution in [0.1, 0.15) is 16.1 Å². The van der Waals surface area contributed by atoms with Gasteiger partial charge in [-0.25, -0.2) is 4.57 Å². The summed E-state index contributed by atoms with van der Waals surface area (Å²) >= 11 is 1.55. The molecular weight excluding hydrogens is 234 g/mol. The Labute approximate surface area is 104 Å². The van der Waals surface area contributed by atoms with Gasteiger partial charge in [0, 0.05) is 31.0 Å². The summed E-state index contributed by atoms with van der Waals surface area (Å²) in [5.74, 6) is 0. The minimum absolute atomic E-state index is 0.160. The van der Waals surface area contributed by atoms with Crippen molar-refractivity contribution in [2.45, 2.75) is 19.9 Å². The maximum absolute atomic E-state index is 8.98. The fourth-order valence-electron chi connectivity index (χ4n) is 1.78. The van der Waals surface area contributed by atoms with Crippen LogP contribution >= 0.6 is 11.3 Å². The highest BCUT2D eigenvalue weighted by Gasteiger charge is 2.17. The van der Waals surface area contributed by atoms with Gasteiger partial charge >= 0.3 is 5.13 Å². The number of aliphatic hydroxyl groups is 1. The largest absolute Gasteiger partial charge is 0.396 e. The van der Waals surface area contributed by atoms with E-state index in [0.717, 1.165) is 27.8 Å². The molecule has 0 saturated carbocycles. The maximum atomic E-state index is 8.98. The van der Waals surface area contributed by atoms with Crippen molar-refractivity contribution in [1.82, 2.24) is 4.98 Å². The lowest BCUT2D eigenvalue weighted by molar-refractivity contribution is -0.676. The average Bonchev–Trinajstić information content (AvgIpc) is 2.59. The standard InChI is InChI=1S/C12H15N3OS/c1-9-11(4-6-16)17-12(13)15(9)8-10-3-2-5-14-7-10/h2-3,5,7,13,16H,4,6,8H2,1H3/p+1. The summed E-state index contributed by atoms with van der Waals surface area (Å²) in [5.41, 5.74) is 8.26. The molecule has 4 nitrogen and oxygen atoms in total. The predicted molar refractivity (Wildman–Crippen MR) is 67.8 cm³/mol. The van der Waals surface area contributed by atoms with Crippen molar-refractivity contribution in [3.63, 3.8) is 0 Å². The number of aromatic nitrogens is 2. The number of nitrogens with zero attached hydrogens (tertiary/aromatic N) is 2. The van der Waals surface area contributed by atoms with Gasteiger partial charge in [0.2, 0.25) is 0 Å². The molecule has 2 heterocycles. The van der Waals surface area contributed by atoms with Crippen LogP contribution in [-0.2, 0) is 13.0 Å². The maximum Gasteiger partial charge on any atom is 0.332 e. The Kier molecular flexibility index (Phi) is 3.71. The number of nitrogen functional groups attached to an aromatic ring is 1. The number of thiazole rings is 1. The summed E-state index contributed by atoms with van der Waals surface area (Å²) in [6.07, 6.45) is 4.27. The van der Waals surface area contributed by atoms with Crippen molar-refractivity contribution < 1.29 is 9.67 Å². The number of aliphatic hydroxyl groups excluding tert-OH is 1. The highest BCUT2D eigenvalue weighted by molar-refractivity contribution is 7.15. The molecule has 5 heteroatoms. The molecule has 3 N–H and O–H groups in total. The molecule has 0 atom stereocenters. The summed E-state index contributed by atoms with van der Waals surface area (Å²) in [4.78, 5) is 5.24. The zero-order valence-corrected chi connectivity index (χ0v) is 10.6. The molecule has 90 valence electrons. The molecule has 0 aromatic carbocycles. The first-order valence-electron chi connectivity index (χ1n) is 5.49. The van der Waals surface area contributed by atoms with Gasteiger partial charge in [-0.3, -0.25) is 10.7 Å². The molecule has 0 aliphatic rings. The van der Waals surface area contributed by atoms with Crippen LogP contribution in [0.5, 0.6) is 0 Å². The number of hydrogen-bond acceptors (Lipinski definition) is 4. The fraction of sp³-hybridized carbons (Fsp3) is 0.333. The molecule has 0 bridgehead atoms. The Balaban J connectivity index is 2.27. The van der Waals surface area contributed by atoms with Crippen LogP contribution in [0.3, 0.4) is 0 Å². The van der Waals surface area contributed by atoms with E-state index in [1.807, 2.05) is 25.3 Å². The highest BCUT2D eigenvalue weighted by Crippen LogP contribution is 2.19. The Morgan fingerprint density at radius 3 is 3.00 bits per heavy atom. The highest BCUT2D eigenvalue weighted by atomic mass is 32.1. The Morgan fingerprint density at radius 2 is 2.35 bits per heavy atom. The molecule has 0 saturated heterocycles. The Hall–Kier alpha value is -1.46. The van der Waals surface area contributed by atoms with Gasteiger partial charge in [0.25, 0.3) is 0 Å². The first-order chi connectivity index (χ1) is 8.22. The van der Waals surface area contributed by atoms with Gasteiger partial charge in [0.1, 0.15) is 12.2 Å². The van der Waals surface area contributed by atoms with Crippen LogP contribution in [0.15, 0.2) is 24.5 Å². The van der Waals surface area contributed by atoms with Gasteiger partial charge in [0.05, 0.1) is 4.88 Å². The van der Waals surface area contributed by atoms with Gasteiger partial charge in [0.15, 0.2) is 0 Å². The van der Waals surface area contributed by atoms with Gasteiger partial charge < -0.3 is 5.11 Å². The third kappa shape index (κ3) is 2.62. The summed E-state index contributed by atoms with van der Waals surface area (Å²) < 4.78 is 2.06. The summed E-state index contributed by atoms with van der Waals surface area (Å²) in [5, 5.41) is 9.75. The van der Waals surface area contributed by atoms with E-state index in [0.29, 0.717) is 6.42 Å². The van der Waals surface area contributed by atoms with E-state index in [1.54, 1.807) is 17.5 Å². The monoisotopic (exact) mass is 250 g/mol. The topological polar surface area (TPSA) is 63.0 Å². The van der Waals surface area contributed by atoms with E-state index >= 15 is 0 Å². The molecule has 0 aliphatic carbocycles. The lowest BCUT2D eigenvalue weighted by Gasteiger charge is -2.01. The third-order valence-electron chi connectivity index (χ3n) is 2.70. The number of hydrogen-bond donors (Lipinski definition) is 2. The van der Waals surface area contributed by atoms with Crippen molar-refractivity contribution in [2.75, 3.05) is 12.3 Å². The second-order valence-electron chi connectivity index (χ2n) is 3.87. The zero-order chi connectivity index (χ0) is 12.3. The van der Waals surface area contributed by atoms with Crippen molar-refractivity contribution in [2.24, 2.45) is 0 Å². The Bertz CT molecular complexity index is 496. The molecule has 0 amide bonds. The van der Waals surface area contributed by atoms with Gasteiger partial charge in [-0.15, -0.1) is 0 Å². The van der Waals surface area contributed by atoms with Gasteiger partial charge in [-0.05, 0) is 13.0 Å². The molecule has 0 unspecified atom stereocenters. The number of anilines is 1. The predicted octanol–water partition coefficient (Wildman–Crippen LogP) is 0.904.